The quantitative estimate of drug-likeness (QED) is 0.801. The molecule has 0 saturated carbocycles. The van der Waals surface area contributed by atoms with E-state index in [4.69, 9.17) is 11.6 Å². The lowest BCUT2D eigenvalue weighted by atomic mass is 10.3. The number of fused-ring (bicyclic) bond motifs is 1. The van der Waals surface area contributed by atoms with Crippen molar-refractivity contribution in [3.8, 4) is 0 Å². The van der Waals surface area contributed by atoms with Gasteiger partial charge in [-0.1, -0.05) is 30.3 Å². The number of imide groups is 1. The number of carbonyl (C=O) groups is 2. The largest absolute Gasteiger partial charge is 0.335 e. The molecule has 22 heavy (non-hydrogen) atoms. The summed E-state index contributed by atoms with van der Waals surface area (Å²) < 4.78 is 1.79. The summed E-state index contributed by atoms with van der Waals surface area (Å²) in [5.74, 6) is -0.204. The van der Waals surface area contributed by atoms with Gasteiger partial charge in [0.15, 0.2) is 4.34 Å². The molecule has 0 spiro atoms. The van der Waals surface area contributed by atoms with Crippen LogP contribution >= 0.6 is 34.7 Å². The third kappa shape index (κ3) is 4.86. The van der Waals surface area contributed by atoms with E-state index in [1.54, 1.807) is 6.07 Å². The van der Waals surface area contributed by atoms with Crippen LogP contribution in [-0.2, 0) is 4.79 Å². The van der Waals surface area contributed by atoms with E-state index in [0.717, 1.165) is 21.0 Å². The molecule has 118 valence electrons. The molecule has 1 atom stereocenters. The van der Waals surface area contributed by atoms with E-state index in [0.29, 0.717) is 5.02 Å². The third-order valence-corrected chi connectivity index (χ3v) is 5.31. The van der Waals surface area contributed by atoms with Crippen LogP contribution in [0.3, 0.4) is 0 Å². The highest BCUT2D eigenvalue weighted by atomic mass is 35.5. The Labute approximate surface area is 141 Å². The lowest BCUT2D eigenvalue weighted by Crippen LogP contribution is -2.43. The van der Waals surface area contributed by atoms with Crippen molar-refractivity contribution in [3.05, 3.63) is 23.2 Å². The highest BCUT2D eigenvalue weighted by Gasteiger charge is 2.12. The Morgan fingerprint density at radius 3 is 2.95 bits per heavy atom. The number of hydrogen-bond donors (Lipinski definition) is 2. The second kappa shape index (κ2) is 7.80. The van der Waals surface area contributed by atoms with E-state index in [1.807, 2.05) is 26.0 Å². The van der Waals surface area contributed by atoms with Crippen molar-refractivity contribution in [3.63, 3.8) is 0 Å². The number of nitrogens with zero attached hydrogens (tertiary/aromatic N) is 1. The smallest absolute Gasteiger partial charge is 0.321 e. The summed E-state index contributed by atoms with van der Waals surface area (Å²) in [6.45, 7) is 3.84. The Bertz CT molecular complexity index is 690. The molecule has 0 aliphatic rings. The fourth-order valence-electron chi connectivity index (χ4n) is 1.59. The van der Waals surface area contributed by atoms with Gasteiger partial charge in [0.1, 0.15) is 0 Å². The minimum Gasteiger partial charge on any atom is -0.335 e. The van der Waals surface area contributed by atoms with Crippen LogP contribution in [0.25, 0.3) is 10.2 Å². The molecule has 0 radical (unpaired) electrons. The number of thiazole rings is 1. The molecule has 5 nitrogen and oxygen atoms in total. The van der Waals surface area contributed by atoms with Gasteiger partial charge in [0, 0.05) is 11.1 Å². The molecule has 2 rings (SSSR count). The first-order valence-corrected chi connectivity index (χ1v) is 8.95. The van der Waals surface area contributed by atoms with Crippen molar-refractivity contribution < 1.29 is 9.59 Å². The minimum atomic E-state index is -0.462. The van der Waals surface area contributed by atoms with Crippen molar-refractivity contribution in [1.29, 1.82) is 0 Å². The van der Waals surface area contributed by atoms with Gasteiger partial charge in [-0.15, -0.1) is 11.3 Å². The molecule has 2 N–H and O–H groups in total. The third-order valence-electron chi connectivity index (χ3n) is 2.90. The second-order valence-electron chi connectivity index (χ2n) is 4.71. The molecule has 0 unspecified atom stereocenters. The molecule has 8 heteroatoms. The van der Waals surface area contributed by atoms with Crippen molar-refractivity contribution in [2.45, 2.75) is 30.6 Å². The zero-order valence-electron chi connectivity index (χ0n) is 12.2. The summed E-state index contributed by atoms with van der Waals surface area (Å²) in [7, 11) is 0. The van der Waals surface area contributed by atoms with E-state index < -0.39 is 6.03 Å². The summed E-state index contributed by atoms with van der Waals surface area (Å²) in [5, 5.41) is 5.62. The first-order valence-electron chi connectivity index (χ1n) is 6.77. The first-order chi connectivity index (χ1) is 10.5. The van der Waals surface area contributed by atoms with Crippen molar-refractivity contribution in [2.75, 3.05) is 5.75 Å². The van der Waals surface area contributed by atoms with E-state index in [9.17, 15) is 9.59 Å². The number of rotatable bonds is 5. The summed E-state index contributed by atoms with van der Waals surface area (Å²) in [5.41, 5.74) is 0.815. The molecule has 2 aromatic rings. The Hall–Kier alpha value is -1.31. The molecule has 0 fully saturated rings. The lowest BCUT2D eigenvalue weighted by molar-refractivity contribution is -0.117. The topological polar surface area (TPSA) is 71.1 Å². The van der Waals surface area contributed by atoms with Crippen LogP contribution in [-0.4, -0.2) is 28.7 Å². The number of carbonyl (C=O) groups excluding carboxylic acids is 2. The number of halogens is 1. The van der Waals surface area contributed by atoms with Crippen LogP contribution in [0.5, 0.6) is 0 Å². The van der Waals surface area contributed by atoms with Crippen LogP contribution in [0.15, 0.2) is 22.5 Å². The average Bonchev–Trinajstić information content (AvgIpc) is 2.86. The zero-order chi connectivity index (χ0) is 16.1. The Morgan fingerprint density at radius 2 is 2.23 bits per heavy atom. The van der Waals surface area contributed by atoms with Gasteiger partial charge in [-0.2, -0.15) is 0 Å². The molecule has 0 aliphatic heterocycles. The first kappa shape index (κ1) is 17.1. The van der Waals surface area contributed by atoms with Crippen LogP contribution in [0.2, 0.25) is 5.02 Å². The van der Waals surface area contributed by atoms with Crippen molar-refractivity contribution in [2.24, 2.45) is 0 Å². The SMILES string of the molecule is CC[C@@H](C)NC(=O)NC(=O)CSc1nc2cc(Cl)ccc2s1. The molecule has 0 saturated heterocycles. The van der Waals surface area contributed by atoms with E-state index in [2.05, 4.69) is 15.6 Å². The summed E-state index contributed by atoms with van der Waals surface area (Å²) in [4.78, 5) is 27.7. The van der Waals surface area contributed by atoms with Gasteiger partial charge in [-0.05, 0) is 31.5 Å². The highest BCUT2D eigenvalue weighted by Crippen LogP contribution is 2.30. The maximum absolute atomic E-state index is 11.7. The monoisotopic (exact) mass is 357 g/mol. The second-order valence-corrected chi connectivity index (χ2v) is 7.40. The fourth-order valence-corrected chi connectivity index (χ4v) is 3.61. The summed E-state index contributed by atoms with van der Waals surface area (Å²) >= 11 is 8.71. The van der Waals surface area contributed by atoms with Crippen LogP contribution in [0, 0.1) is 0 Å². The number of benzene rings is 1. The predicted molar refractivity (Wildman–Crippen MR) is 91.8 cm³/mol. The van der Waals surface area contributed by atoms with E-state index in [-0.39, 0.29) is 17.7 Å². The number of hydrogen-bond acceptors (Lipinski definition) is 5. The van der Waals surface area contributed by atoms with Crippen LogP contribution < -0.4 is 10.6 Å². The molecule has 0 aliphatic carbocycles. The number of aromatic nitrogens is 1. The Balaban J connectivity index is 1.86. The normalized spacial score (nSPS) is 12.1. The van der Waals surface area contributed by atoms with Crippen LogP contribution in [0.4, 0.5) is 4.79 Å². The van der Waals surface area contributed by atoms with Gasteiger partial charge in [-0.3, -0.25) is 10.1 Å². The number of thioether (sulfide) groups is 1. The van der Waals surface area contributed by atoms with Gasteiger partial charge < -0.3 is 5.32 Å². The van der Waals surface area contributed by atoms with Crippen LogP contribution in [0.1, 0.15) is 20.3 Å². The fraction of sp³-hybridized carbons (Fsp3) is 0.357. The van der Waals surface area contributed by atoms with E-state index in [1.165, 1.54) is 23.1 Å². The Kier molecular flexibility index (Phi) is 6.05. The summed E-state index contributed by atoms with van der Waals surface area (Å²) in [6.07, 6.45) is 0.810. The standard InChI is InChI=1S/C14H16ClN3O2S2/c1-3-8(2)16-13(20)18-12(19)7-21-14-17-10-6-9(15)4-5-11(10)22-14/h4-6,8H,3,7H2,1-2H3,(H2,16,18,19,20)/t8-/m1/s1. The molecule has 1 heterocycles. The van der Waals surface area contributed by atoms with Gasteiger partial charge >= 0.3 is 6.03 Å². The lowest BCUT2D eigenvalue weighted by Gasteiger charge is -2.11. The van der Waals surface area contributed by atoms with Gasteiger partial charge in [0.25, 0.3) is 0 Å². The number of nitrogens with one attached hydrogen (secondary N) is 2. The average molecular weight is 358 g/mol. The minimum absolute atomic E-state index is 0.0365. The molecule has 0 bridgehead atoms. The predicted octanol–water partition coefficient (Wildman–Crippen LogP) is 3.67. The molecule has 3 amide bonds. The highest BCUT2D eigenvalue weighted by molar-refractivity contribution is 8.01. The molecule has 1 aromatic carbocycles. The number of amides is 3. The molecule has 1 aromatic heterocycles. The molecular weight excluding hydrogens is 342 g/mol. The van der Waals surface area contributed by atoms with E-state index >= 15 is 0 Å². The number of urea groups is 1. The van der Waals surface area contributed by atoms with Crippen molar-refractivity contribution >= 4 is 56.9 Å². The maximum Gasteiger partial charge on any atom is 0.321 e. The van der Waals surface area contributed by atoms with Crippen molar-refractivity contribution in [1.82, 2.24) is 15.6 Å². The van der Waals surface area contributed by atoms with Gasteiger partial charge in [0.2, 0.25) is 5.91 Å². The molecular formula is C14H16ClN3O2S2. The maximum atomic E-state index is 11.7. The summed E-state index contributed by atoms with van der Waals surface area (Å²) in [6, 6.07) is 5.07. The Morgan fingerprint density at radius 1 is 1.45 bits per heavy atom. The zero-order valence-corrected chi connectivity index (χ0v) is 14.6. The van der Waals surface area contributed by atoms with Gasteiger partial charge in [0.05, 0.1) is 16.0 Å². The van der Waals surface area contributed by atoms with Gasteiger partial charge in [-0.25, -0.2) is 9.78 Å².